The van der Waals surface area contributed by atoms with E-state index in [0.717, 1.165) is 32.4 Å². The van der Waals surface area contributed by atoms with Crippen LogP contribution in [-0.2, 0) is 15.1 Å². The quantitative estimate of drug-likeness (QED) is 0.849. The van der Waals surface area contributed by atoms with E-state index in [-0.39, 0.29) is 17.7 Å². The Hall–Kier alpha value is -1.98. The van der Waals surface area contributed by atoms with E-state index in [1.165, 1.54) is 0 Å². The molecular weight excluding hydrogens is 292 g/mol. The normalized spacial score (nSPS) is 24.5. The van der Waals surface area contributed by atoms with E-state index in [9.17, 15) is 9.59 Å². The maximum Gasteiger partial charge on any atom is 0.254 e. The highest BCUT2D eigenvalue weighted by atomic mass is 16.2. The lowest BCUT2D eigenvalue weighted by molar-refractivity contribution is -0.153. The minimum atomic E-state index is -0.972. The minimum Gasteiger partial charge on any atom is -0.340 e. The second kappa shape index (κ2) is 6.26. The fourth-order valence-corrected chi connectivity index (χ4v) is 3.72. The zero-order valence-electron chi connectivity index (χ0n) is 13.9. The van der Waals surface area contributed by atoms with Crippen molar-refractivity contribution in [1.82, 2.24) is 19.8 Å². The molecule has 0 N–H and O–H groups in total. The highest BCUT2D eigenvalue weighted by Crippen LogP contribution is 2.41. The highest BCUT2D eigenvalue weighted by Gasteiger charge is 2.54. The van der Waals surface area contributed by atoms with Gasteiger partial charge < -0.3 is 9.80 Å². The van der Waals surface area contributed by atoms with Crippen LogP contribution < -0.4 is 0 Å². The SMILES string of the molecule is CC(C)C(=O)N1CCC[C@]1(C(=O)N1CCCC1)c1cnccn1. The summed E-state index contributed by atoms with van der Waals surface area (Å²) in [6.07, 6.45) is 8.33. The molecule has 3 heterocycles. The molecule has 2 fully saturated rings. The van der Waals surface area contributed by atoms with Crippen LogP contribution in [0.2, 0.25) is 0 Å². The van der Waals surface area contributed by atoms with Gasteiger partial charge in [-0.1, -0.05) is 13.8 Å². The summed E-state index contributed by atoms with van der Waals surface area (Å²) in [5, 5.41) is 0. The molecule has 0 bridgehead atoms. The molecule has 0 aromatic carbocycles. The second-order valence-corrected chi connectivity index (χ2v) is 6.70. The molecule has 23 heavy (non-hydrogen) atoms. The third kappa shape index (κ3) is 2.60. The first kappa shape index (κ1) is 15.9. The fraction of sp³-hybridized carbons (Fsp3) is 0.647. The molecule has 1 aromatic rings. The number of carbonyl (C=O) groups is 2. The Bertz CT molecular complexity index is 584. The van der Waals surface area contributed by atoms with Crippen LogP contribution in [0.25, 0.3) is 0 Å². The minimum absolute atomic E-state index is 0.0145. The summed E-state index contributed by atoms with van der Waals surface area (Å²) in [5.74, 6) is -0.113. The lowest BCUT2D eigenvalue weighted by Crippen LogP contribution is -2.56. The smallest absolute Gasteiger partial charge is 0.254 e. The van der Waals surface area contributed by atoms with E-state index < -0.39 is 5.54 Å². The Balaban J connectivity index is 2.06. The number of aromatic nitrogens is 2. The van der Waals surface area contributed by atoms with E-state index in [1.54, 1.807) is 23.5 Å². The summed E-state index contributed by atoms with van der Waals surface area (Å²) in [6, 6.07) is 0. The summed E-state index contributed by atoms with van der Waals surface area (Å²) >= 11 is 0. The molecule has 1 aromatic heterocycles. The zero-order chi connectivity index (χ0) is 16.4. The van der Waals surface area contributed by atoms with E-state index in [1.807, 2.05) is 18.7 Å². The number of nitrogens with zero attached hydrogens (tertiary/aromatic N) is 4. The van der Waals surface area contributed by atoms with Gasteiger partial charge in [-0.25, -0.2) is 0 Å². The summed E-state index contributed by atoms with van der Waals surface area (Å²) in [4.78, 5) is 38.3. The third-order valence-electron chi connectivity index (χ3n) is 4.88. The van der Waals surface area contributed by atoms with Crippen molar-refractivity contribution in [2.75, 3.05) is 19.6 Å². The largest absolute Gasteiger partial charge is 0.340 e. The van der Waals surface area contributed by atoms with Crippen molar-refractivity contribution in [2.45, 2.75) is 45.1 Å². The van der Waals surface area contributed by atoms with Crippen LogP contribution in [0.1, 0.15) is 45.2 Å². The monoisotopic (exact) mass is 316 g/mol. The third-order valence-corrected chi connectivity index (χ3v) is 4.88. The van der Waals surface area contributed by atoms with E-state index in [4.69, 9.17) is 0 Å². The molecule has 6 heteroatoms. The first-order chi connectivity index (χ1) is 11.1. The number of rotatable bonds is 3. The highest BCUT2D eigenvalue weighted by molar-refractivity contribution is 5.93. The molecular formula is C17H24N4O2. The summed E-state index contributed by atoms with van der Waals surface area (Å²) < 4.78 is 0. The van der Waals surface area contributed by atoms with Gasteiger partial charge in [0, 0.05) is 37.9 Å². The Morgan fingerprint density at radius 2 is 1.87 bits per heavy atom. The number of hydrogen-bond acceptors (Lipinski definition) is 4. The van der Waals surface area contributed by atoms with Gasteiger partial charge in [0.2, 0.25) is 5.91 Å². The summed E-state index contributed by atoms with van der Waals surface area (Å²) in [6.45, 7) is 5.90. The molecule has 124 valence electrons. The Morgan fingerprint density at radius 1 is 1.13 bits per heavy atom. The van der Waals surface area contributed by atoms with E-state index in [0.29, 0.717) is 18.7 Å². The van der Waals surface area contributed by atoms with Gasteiger partial charge >= 0.3 is 0 Å². The van der Waals surface area contributed by atoms with Gasteiger partial charge in [0.25, 0.3) is 5.91 Å². The molecule has 0 spiro atoms. The first-order valence-electron chi connectivity index (χ1n) is 8.44. The second-order valence-electron chi connectivity index (χ2n) is 6.70. The molecule has 2 amide bonds. The molecule has 2 saturated heterocycles. The molecule has 2 aliphatic rings. The summed E-state index contributed by atoms with van der Waals surface area (Å²) in [5.41, 5.74) is -0.372. The average molecular weight is 316 g/mol. The van der Waals surface area contributed by atoms with Gasteiger partial charge in [0.15, 0.2) is 5.54 Å². The molecule has 3 rings (SSSR count). The van der Waals surface area contributed by atoms with Gasteiger partial charge in [0.1, 0.15) is 0 Å². The van der Waals surface area contributed by atoms with Crippen LogP contribution in [-0.4, -0.2) is 51.2 Å². The number of carbonyl (C=O) groups excluding carboxylic acids is 2. The van der Waals surface area contributed by atoms with Crippen molar-refractivity contribution in [2.24, 2.45) is 5.92 Å². The van der Waals surface area contributed by atoms with E-state index >= 15 is 0 Å². The van der Waals surface area contributed by atoms with Crippen LogP contribution >= 0.6 is 0 Å². The van der Waals surface area contributed by atoms with Gasteiger partial charge in [-0.3, -0.25) is 19.6 Å². The van der Waals surface area contributed by atoms with Crippen LogP contribution in [0.4, 0.5) is 0 Å². The molecule has 0 saturated carbocycles. The van der Waals surface area contributed by atoms with Crippen LogP contribution in [0.5, 0.6) is 0 Å². The van der Waals surface area contributed by atoms with Crippen molar-refractivity contribution in [1.29, 1.82) is 0 Å². The lowest BCUT2D eigenvalue weighted by atomic mass is 9.89. The molecule has 0 radical (unpaired) electrons. The van der Waals surface area contributed by atoms with Crippen LogP contribution in [0.15, 0.2) is 18.6 Å². The van der Waals surface area contributed by atoms with Gasteiger partial charge in [0.05, 0.1) is 11.9 Å². The van der Waals surface area contributed by atoms with E-state index in [2.05, 4.69) is 9.97 Å². The predicted octanol–water partition coefficient (Wildman–Crippen LogP) is 1.57. The number of amides is 2. The number of hydrogen-bond donors (Lipinski definition) is 0. The zero-order valence-corrected chi connectivity index (χ0v) is 13.9. The maximum absolute atomic E-state index is 13.4. The lowest BCUT2D eigenvalue weighted by Gasteiger charge is -2.39. The standard InChI is InChI=1S/C17H24N4O2/c1-13(2)15(22)21-11-5-6-17(21,14-12-18-7-8-19-14)16(23)20-9-3-4-10-20/h7-8,12-13H,3-6,9-11H2,1-2H3/t17-/m1/s1. The van der Waals surface area contributed by atoms with Crippen molar-refractivity contribution < 1.29 is 9.59 Å². The average Bonchev–Trinajstić information content (AvgIpc) is 3.24. The topological polar surface area (TPSA) is 66.4 Å². The molecule has 0 aliphatic carbocycles. The van der Waals surface area contributed by atoms with Gasteiger partial charge in [-0.2, -0.15) is 0 Å². The molecule has 0 unspecified atom stereocenters. The fourth-order valence-electron chi connectivity index (χ4n) is 3.72. The van der Waals surface area contributed by atoms with Crippen molar-refractivity contribution in [3.8, 4) is 0 Å². The van der Waals surface area contributed by atoms with Crippen LogP contribution in [0, 0.1) is 5.92 Å². The summed E-state index contributed by atoms with van der Waals surface area (Å²) in [7, 11) is 0. The molecule has 2 aliphatic heterocycles. The Kier molecular flexibility index (Phi) is 4.33. The van der Waals surface area contributed by atoms with Gasteiger partial charge in [-0.15, -0.1) is 0 Å². The maximum atomic E-state index is 13.4. The van der Waals surface area contributed by atoms with Crippen LogP contribution in [0.3, 0.4) is 0 Å². The van der Waals surface area contributed by atoms with Crippen molar-refractivity contribution >= 4 is 11.8 Å². The van der Waals surface area contributed by atoms with Crippen molar-refractivity contribution in [3.05, 3.63) is 24.3 Å². The molecule has 6 nitrogen and oxygen atoms in total. The Morgan fingerprint density at radius 3 is 2.48 bits per heavy atom. The number of likely N-dealkylation sites (tertiary alicyclic amines) is 2. The predicted molar refractivity (Wildman–Crippen MR) is 85.3 cm³/mol. The molecule has 1 atom stereocenters. The Labute approximate surface area is 136 Å². The van der Waals surface area contributed by atoms with Gasteiger partial charge in [-0.05, 0) is 25.7 Å². The van der Waals surface area contributed by atoms with Crippen molar-refractivity contribution in [3.63, 3.8) is 0 Å². The first-order valence-corrected chi connectivity index (χ1v) is 8.44.